The monoisotopic (exact) mass is 301 g/mol. The summed E-state index contributed by atoms with van der Waals surface area (Å²) < 4.78 is 0.0681. The van der Waals surface area contributed by atoms with Crippen LogP contribution in [0.15, 0.2) is 0 Å². The number of carbonyl (C=O) groups is 2. The Bertz CT molecular complexity index is 347. The Morgan fingerprint density at radius 2 is 1.80 bits per heavy atom. The van der Waals surface area contributed by atoms with E-state index in [0.29, 0.717) is 25.3 Å². The summed E-state index contributed by atoms with van der Waals surface area (Å²) >= 11 is 1.78. The molecule has 0 aromatic carbocycles. The molecule has 1 amide bonds. The Kier molecular flexibility index (Phi) is 6.37. The predicted molar refractivity (Wildman–Crippen MR) is 82.9 cm³/mol. The van der Waals surface area contributed by atoms with Crippen LogP contribution in [-0.2, 0) is 9.59 Å². The van der Waals surface area contributed by atoms with Crippen molar-refractivity contribution in [2.24, 2.45) is 17.8 Å². The van der Waals surface area contributed by atoms with Crippen molar-refractivity contribution in [3.05, 3.63) is 0 Å². The van der Waals surface area contributed by atoms with E-state index in [1.54, 1.807) is 11.8 Å². The molecule has 0 radical (unpaired) electrons. The second-order valence-electron chi connectivity index (χ2n) is 5.94. The fourth-order valence-corrected chi connectivity index (χ4v) is 3.89. The van der Waals surface area contributed by atoms with E-state index in [0.717, 1.165) is 12.8 Å². The topological polar surface area (TPSA) is 66.4 Å². The molecule has 1 aliphatic rings. The van der Waals surface area contributed by atoms with Crippen LogP contribution in [0, 0.1) is 17.8 Å². The molecule has 3 unspecified atom stereocenters. The van der Waals surface area contributed by atoms with Crippen molar-refractivity contribution in [2.75, 3.05) is 12.8 Å². The van der Waals surface area contributed by atoms with Gasteiger partial charge in [0, 0.05) is 11.3 Å². The van der Waals surface area contributed by atoms with Crippen LogP contribution in [0.2, 0.25) is 0 Å². The fraction of sp³-hybridized carbons (Fsp3) is 0.867. The summed E-state index contributed by atoms with van der Waals surface area (Å²) in [4.78, 5) is 23.6. The maximum Gasteiger partial charge on any atom is 0.307 e. The fourth-order valence-electron chi connectivity index (χ4n) is 3.09. The first-order chi connectivity index (χ1) is 9.39. The van der Waals surface area contributed by atoms with Crippen LogP contribution in [0.4, 0.5) is 0 Å². The van der Waals surface area contributed by atoms with Crippen molar-refractivity contribution >= 4 is 23.6 Å². The summed E-state index contributed by atoms with van der Waals surface area (Å²) in [5.41, 5.74) is 0. The van der Waals surface area contributed by atoms with Crippen molar-refractivity contribution in [1.82, 2.24) is 5.32 Å². The third-order valence-electron chi connectivity index (χ3n) is 4.76. The maximum absolute atomic E-state index is 12.3. The highest BCUT2D eigenvalue weighted by Gasteiger charge is 2.41. The van der Waals surface area contributed by atoms with E-state index in [4.69, 9.17) is 0 Å². The first-order valence-electron chi connectivity index (χ1n) is 7.44. The molecule has 20 heavy (non-hydrogen) atoms. The lowest BCUT2D eigenvalue weighted by molar-refractivity contribution is -0.146. The maximum atomic E-state index is 12.3. The molecule has 0 spiro atoms. The number of carboxylic acids is 1. The number of rotatable bonds is 7. The Balaban J connectivity index is 2.64. The lowest BCUT2D eigenvalue weighted by Gasteiger charge is -2.30. The molecule has 1 fully saturated rings. The van der Waals surface area contributed by atoms with Gasteiger partial charge in [0.05, 0.1) is 11.8 Å². The van der Waals surface area contributed by atoms with Crippen LogP contribution in [0.5, 0.6) is 0 Å². The number of carboxylic acid groups (broad SMARTS) is 1. The quantitative estimate of drug-likeness (QED) is 0.759. The molecular formula is C15H27NO3S. The molecule has 0 bridgehead atoms. The van der Waals surface area contributed by atoms with Crippen molar-refractivity contribution in [3.63, 3.8) is 0 Å². The number of nitrogens with one attached hydrogen (secondary N) is 1. The Labute approximate surface area is 126 Å². The molecule has 0 saturated heterocycles. The van der Waals surface area contributed by atoms with Gasteiger partial charge in [-0.1, -0.05) is 20.8 Å². The SMILES string of the molecule is CCC(CC)(CNC(=O)C1CC(C)CC1C(=O)O)SC. The third kappa shape index (κ3) is 3.90. The number of amides is 1. The first-order valence-corrected chi connectivity index (χ1v) is 8.67. The summed E-state index contributed by atoms with van der Waals surface area (Å²) in [6, 6.07) is 0. The van der Waals surface area contributed by atoms with Gasteiger partial charge >= 0.3 is 5.97 Å². The largest absolute Gasteiger partial charge is 0.481 e. The molecule has 3 atom stereocenters. The lowest BCUT2D eigenvalue weighted by atomic mass is 9.94. The van der Waals surface area contributed by atoms with Crippen LogP contribution >= 0.6 is 11.8 Å². The van der Waals surface area contributed by atoms with E-state index in [1.807, 2.05) is 6.92 Å². The van der Waals surface area contributed by atoms with E-state index in [9.17, 15) is 14.7 Å². The molecule has 1 aliphatic carbocycles. The van der Waals surface area contributed by atoms with E-state index in [-0.39, 0.29) is 16.6 Å². The molecule has 1 rings (SSSR count). The zero-order valence-corrected chi connectivity index (χ0v) is 13.8. The van der Waals surface area contributed by atoms with Gasteiger partial charge in [0.25, 0.3) is 0 Å². The second kappa shape index (κ2) is 7.34. The third-order valence-corrected chi connectivity index (χ3v) is 6.35. The molecule has 0 aromatic rings. The second-order valence-corrected chi connectivity index (χ2v) is 7.21. The molecule has 0 aliphatic heterocycles. The molecule has 5 heteroatoms. The summed E-state index contributed by atoms with van der Waals surface area (Å²) in [7, 11) is 0. The highest BCUT2D eigenvalue weighted by atomic mass is 32.2. The minimum atomic E-state index is -0.836. The zero-order valence-electron chi connectivity index (χ0n) is 12.9. The van der Waals surface area contributed by atoms with Gasteiger partial charge in [-0.2, -0.15) is 11.8 Å². The summed E-state index contributed by atoms with van der Waals surface area (Å²) in [5.74, 6) is -1.49. The summed E-state index contributed by atoms with van der Waals surface area (Å²) in [6.07, 6.45) is 5.36. The Morgan fingerprint density at radius 1 is 1.25 bits per heavy atom. The van der Waals surface area contributed by atoms with Crippen LogP contribution in [0.25, 0.3) is 0 Å². The average molecular weight is 301 g/mol. The molecule has 116 valence electrons. The summed E-state index contributed by atoms with van der Waals surface area (Å²) in [6.45, 7) is 6.90. The van der Waals surface area contributed by atoms with Gasteiger partial charge in [0.2, 0.25) is 5.91 Å². The van der Waals surface area contributed by atoms with Crippen molar-refractivity contribution in [1.29, 1.82) is 0 Å². The van der Waals surface area contributed by atoms with Gasteiger partial charge in [-0.25, -0.2) is 0 Å². The number of thioether (sulfide) groups is 1. The average Bonchev–Trinajstić information content (AvgIpc) is 2.83. The number of aliphatic carboxylic acids is 1. The predicted octanol–water partition coefficient (Wildman–Crippen LogP) is 2.77. The first kappa shape index (κ1) is 17.3. The van der Waals surface area contributed by atoms with Gasteiger partial charge in [-0.3, -0.25) is 9.59 Å². The molecule has 4 nitrogen and oxygen atoms in total. The van der Waals surface area contributed by atoms with Crippen molar-refractivity contribution in [3.8, 4) is 0 Å². The Hall–Kier alpha value is -0.710. The normalized spacial score (nSPS) is 26.5. The van der Waals surface area contributed by atoms with E-state index in [2.05, 4.69) is 25.4 Å². The molecule has 1 saturated carbocycles. The standard InChI is InChI=1S/C15H27NO3S/c1-5-15(6-2,20-4)9-16-13(17)11-7-10(3)8-12(11)14(18)19/h10-12H,5-9H2,1-4H3,(H,16,17)(H,18,19). The van der Waals surface area contributed by atoms with Crippen LogP contribution < -0.4 is 5.32 Å². The van der Waals surface area contributed by atoms with Crippen LogP contribution in [0.1, 0.15) is 46.5 Å². The van der Waals surface area contributed by atoms with Crippen molar-refractivity contribution in [2.45, 2.75) is 51.2 Å². The zero-order chi connectivity index (χ0) is 15.3. The number of hydrogen-bond acceptors (Lipinski definition) is 3. The Morgan fingerprint density at radius 3 is 2.25 bits per heavy atom. The molecule has 0 heterocycles. The minimum Gasteiger partial charge on any atom is -0.481 e. The van der Waals surface area contributed by atoms with Gasteiger partial charge in [-0.15, -0.1) is 0 Å². The number of hydrogen-bond donors (Lipinski definition) is 2. The van der Waals surface area contributed by atoms with Gasteiger partial charge < -0.3 is 10.4 Å². The number of carbonyl (C=O) groups excluding carboxylic acids is 1. The van der Waals surface area contributed by atoms with E-state index >= 15 is 0 Å². The lowest BCUT2D eigenvalue weighted by Crippen LogP contribution is -2.43. The van der Waals surface area contributed by atoms with E-state index < -0.39 is 11.9 Å². The van der Waals surface area contributed by atoms with E-state index in [1.165, 1.54) is 0 Å². The minimum absolute atomic E-state index is 0.0681. The molecule has 2 N–H and O–H groups in total. The van der Waals surface area contributed by atoms with Crippen LogP contribution in [0.3, 0.4) is 0 Å². The van der Waals surface area contributed by atoms with Gasteiger partial charge in [-0.05, 0) is 37.9 Å². The van der Waals surface area contributed by atoms with Crippen molar-refractivity contribution < 1.29 is 14.7 Å². The highest BCUT2D eigenvalue weighted by molar-refractivity contribution is 8.00. The highest BCUT2D eigenvalue weighted by Crippen LogP contribution is 2.37. The smallest absolute Gasteiger partial charge is 0.307 e. The van der Waals surface area contributed by atoms with Crippen LogP contribution in [-0.4, -0.2) is 34.5 Å². The molecule has 0 aromatic heterocycles. The van der Waals surface area contributed by atoms with Gasteiger partial charge in [0.15, 0.2) is 0 Å². The summed E-state index contributed by atoms with van der Waals surface area (Å²) in [5, 5.41) is 12.2. The molecular weight excluding hydrogens is 274 g/mol. The van der Waals surface area contributed by atoms with Gasteiger partial charge in [0.1, 0.15) is 0 Å².